The van der Waals surface area contributed by atoms with Crippen molar-refractivity contribution in [1.82, 2.24) is 0 Å². The average Bonchev–Trinajstić information content (AvgIpc) is 2.58. The van der Waals surface area contributed by atoms with E-state index in [1.807, 2.05) is 25.1 Å². The highest BCUT2D eigenvalue weighted by atomic mass is 35.5. The fourth-order valence-corrected chi connectivity index (χ4v) is 2.60. The monoisotopic (exact) mass is 360 g/mol. The first-order chi connectivity index (χ1) is 11.9. The van der Waals surface area contributed by atoms with Crippen LogP contribution in [0, 0.1) is 6.92 Å². The number of benzene rings is 2. The topological polar surface area (TPSA) is 50.4 Å². The van der Waals surface area contributed by atoms with Gasteiger partial charge in [-0.25, -0.2) is 0 Å². The summed E-state index contributed by atoms with van der Waals surface area (Å²) in [4.78, 5) is 12.2. The first-order valence-corrected chi connectivity index (χ1v) is 8.76. The van der Waals surface area contributed by atoms with E-state index in [9.17, 15) is 4.79 Å². The van der Waals surface area contributed by atoms with E-state index < -0.39 is 0 Å². The molecule has 0 saturated carbocycles. The standard InChI is InChI=1S/C20H25ClN2O2/c1-13(2)15-5-7-16(8-6-15)22-10-9-20(24)23-18-11-14(3)17(21)12-19(18)25-4/h5-8,11-13,22H,9-10H2,1-4H3,(H,23,24). The number of hydrogen-bond donors (Lipinski definition) is 2. The van der Waals surface area contributed by atoms with Gasteiger partial charge in [-0.3, -0.25) is 4.79 Å². The third kappa shape index (κ3) is 5.40. The lowest BCUT2D eigenvalue weighted by molar-refractivity contribution is -0.116. The molecule has 25 heavy (non-hydrogen) atoms. The summed E-state index contributed by atoms with van der Waals surface area (Å²) in [5.41, 5.74) is 3.84. The van der Waals surface area contributed by atoms with Crippen molar-refractivity contribution in [2.24, 2.45) is 0 Å². The maximum Gasteiger partial charge on any atom is 0.226 e. The lowest BCUT2D eigenvalue weighted by Gasteiger charge is -2.13. The molecule has 2 aromatic carbocycles. The molecule has 4 nitrogen and oxygen atoms in total. The number of anilines is 2. The zero-order valence-electron chi connectivity index (χ0n) is 15.2. The van der Waals surface area contributed by atoms with E-state index >= 15 is 0 Å². The van der Waals surface area contributed by atoms with Crippen molar-refractivity contribution in [2.75, 3.05) is 24.3 Å². The van der Waals surface area contributed by atoms with Gasteiger partial charge in [-0.15, -0.1) is 0 Å². The van der Waals surface area contributed by atoms with Gasteiger partial charge in [-0.1, -0.05) is 37.6 Å². The molecule has 5 heteroatoms. The highest BCUT2D eigenvalue weighted by Gasteiger charge is 2.10. The van der Waals surface area contributed by atoms with E-state index in [0.717, 1.165) is 11.3 Å². The fraction of sp³-hybridized carbons (Fsp3) is 0.350. The molecule has 0 bridgehead atoms. The molecule has 0 unspecified atom stereocenters. The van der Waals surface area contributed by atoms with Gasteiger partial charge in [0.1, 0.15) is 5.75 Å². The highest BCUT2D eigenvalue weighted by molar-refractivity contribution is 6.31. The van der Waals surface area contributed by atoms with Gasteiger partial charge in [0.25, 0.3) is 0 Å². The largest absolute Gasteiger partial charge is 0.495 e. The fourth-order valence-electron chi connectivity index (χ4n) is 2.45. The summed E-state index contributed by atoms with van der Waals surface area (Å²) in [6, 6.07) is 11.8. The minimum Gasteiger partial charge on any atom is -0.495 e. The van der Waals surface area contributed by atoms with Crippen LogP contribution in [0.4, 0.5) is 11.4 Å². The van der Waals surface area contributed by atoms with Crippen LogP contribution in [-0.2, 0) is 4.79 Å². The Bertz CT molecular complexity index is 727. The summed E-state index contributed by atoms with van der Waals surface area (Å²) < 4.78 is 5.27. The van der Waals surface area contributed by atoms with Crippen LogP contribution in [0.1, 0.15) is 37.3 Å². The van der Waals surface area contributed by atoms with Gasteiger partial charge in [0.2, 0.25) is 5.91 Å². The van der Waals surface area contributed by atoms with Gasteiger partial charge in [-0.05, 0) is 42.2 Å². The summed E-state index contributed by atoms with van der Waals surface area (Å²) in [7, 11) is 1.55. The maximum atomic E-state index is 12.2. The normalized spacial score (nSPS) is 10.6. The number of carbonyl (C=O) groups excluding carboxylic acids is 1. The Balaban J connectivity index is 1.88. The van der Waals surface area contributed by atoms with E-state index in [1.54, 1.807) is 13.2 Å². The average molecular weight is 361 g/mol. The number of halogens is 1. The molecule has 2 N–H and O–H groups in total. The van der Waals surface area contributed by atoms with E-state index in [1.165, 1.54) is 5.56 Å². The molecule has 0 aliphatic carbocycles. The summed E-state index contributed by atoms with van der Waals surface area (Å²) in [6.45, 7) is 6.78. The van der Waals surface area contributed by atoms with Crippen LogP contribution in [0.25, 0.3) is 0 Å². The summed E-state index contributed by atoms with van der Waals surface area (Å²) in [5, 5.41) is 6.75. The second-order valence-electron chi connectivity index (χ2n) is 6.30. The van der Waals surface area contributed by atoms with Crippen LogP contribution >= 0.6 is 11.6 Å². The van der Waals surface area contributed by atoms with E-state index in [2.05, 4.69) is 36.6 Å². The van der Waals surface area contributed by atoms with Gasteiger partial charge in [0.05, 0.1) is 12.8 Å². The number of methoxy groups -OCH3 is 1. The van der Waals surface area contributed by atoms with Crippen LogP contribution in [-0.4, -0.2) is 19.6 Å². The van der Waals surface area contributed by atoms with Gasteiger partial charge in [-0.2, -0.15) is 0 Å². The van der Waals surface area contributed by atoms with Crippen molar-refractivity contribution in [2.45, 2.75) is 33.1 Å². The second-order valence-corrected chi connectivity index (χ2v) is 6.71. The second kappa shape index (κ2) is 8.77. The number of amides is 1. The van der Waals surface area contributed by atoms with Crippen molar-refractivity contribution >= 4 is 28.9 Å². The van der Waals surface area contributed by atoms with Crippen molar-refractivity contribution < 1.29 is 9.53 Å². The molecule has 0 aliphatic heterocycles. The Labute approximate surface area is 154 Å². The number of aryl methyl sites for hydroxylation is 1. The zero-order chi connectivity index (χ0) is 18.4. The van der Waals surface area contributed by atoms with Crippen molar-refractivity contribution in [1.29, 1.82) is 0 Å². The van der Waals surface area contributed by atoms with Crippen molar-refractivity contribution in [3.63, 3.8) is 0 Å². The predicted molar refractivity (Wildman–Crippen MR) is 105 cm³/mol. The summed E-state index contributed by atoms with van der Waals surface area (Å²) >= 11 is 6.08. The SMILES string of the molecule is COc1cc(Cl)c(C)cc1NC(=O)CCNc1ccc(C(C)C)cc1. The van der Waals surface area contributed by atoms with E-state index in [4.69, 9.17) is 16.3 Å². The van der Waals surface area contributed by atoms with Crippen LogP contribution in [0.3, 0.4) is 0 Å². The Morgan fingerprint density at radius 1 is 1.20 bits per heavy atom. The first-order valence-electron chi connectivity index (χ1n) is 8.38. The molecule has 0 aliphatic rings. The third-order valence-electron chi connectivity index (χ3n) is 4.01. The number of hydrogen-bond acceptors (Lipinski definition) is 3. The molecule has 2 aromatic rings. The van der Waals surface area contributed by atoms with Crippen LogP contribution in [0.2, 0.25) is 5.02 Å². The lowest BCUT2D eigenvalue weighted by atomic mass is 10.0. The summed E-state index contributed by atoms with van der Waals surface area (Å²) in [6.07, 6.45) is 0.358. The predicted octanol–water partition coefficient (Wildman–Crippen LogP) is 5.22. The lowest BCUT2D eigenvalue weighted by Crippen LogP contribution is -2.16. The molecule has 2 rings (SSSR count). The molecule has 0 aromatic heterocycles. The zero-order valence-corrected chi connectivity index (χ0v) is 15.9. The number of ether oxygens (including phenoxy) is 1. The Morgan fingerprint density at radius 2 is 1.88 bits per heavy atom. The quantitative estimate of drug-likeness (QED) is 0.711. The van der Waals surface area contributed by atoms with Gasteiger partial charge in [0.15, 0.2) is 0 Å². The van der Waals surface area contributed by atoms with Crippen molar-refractivity contribution in [3.8, 4) is 5.75 Å². The minimum atomic E-state index is -0.0775. The molecule has 0 fully saturated rings. The molecule has 0 atom stereocenters. The number of nitrogens with one attached hydrogen (secondary N) is 2. The molecule has 0 saturated heterocycles. The molecule has 0 spiro atoms. The van der Waals surface area contributed by atoms with Gasteiger partial charge < -0.3 is 15.4 Å². The Morgan fingerprint density at radius 3 is 2.48 bits per heavy atom. The first kappa shape index (κ1) is 19.1. The molecule has 0 heterocycles. The minimum absolute atomic E-state index is 0.0775. The van der Waals surface area contributed by atoms with Crippen LogP contribution in [0.5, 0.6) is 5.75 Å². The third-order valence-corrected chi connectivity index (χ3v) is 4.42. The van der Waals surface area contributed by atoms with Crippen LogP contribution < -0.4 is 15.4 Å². The highest BCUT2D eigenvalue weighted by Crippen LogP contribution is 2.31. The van der Waals surface area contributed by atoms with E-state index in [0.29, 0.717) is 35.3 Å². The summed E-state index contributed by atoms with van der Waals surface area (Å²) in [5.74, 6) is 0.991. The van der Waals surface area contributed by atoms with E-state index in [-0.39, 0.29) is 5.91 Å². The number of carbonyl (C=O) groups is 1. The molecule has 134 valence electrons. The van der Waals surface area contributed by atoms with Crippen molar-refractivity contribution in [3.05, 3.63) is 52.5 Å². The van der Waals surface area contributed by atoms with Crippen LogP contribution in [0.15, 0.2) is 36.4 Å². The molecule has 1 amide bonds. The molecular weight excluding hydrogens is 336 g/mol. The smallest absolute Gasteiger partial charge is 0.226 e. The van der Waals surface area contributed by atoms with Gasteiger partial charge in [0, 0.05) is 29.7 Å². The Kier molecular flexibility index (Phi) is 6.71. The number of rotatable bonds is 7. The van der Waals surface area contributed by atoms with Gasteiger partial charge >= 0.3 is 0 Å². The molecule has 0 radical (unpaired) electrons. The molecular formula is C20H25ClN2O2. The maximum absolute atomic E-state index is 12.2. The Hall–Kier alpha value is -2.20.